The molecule has 0 atom stereocenters. The van der Waals surface area contributed by atoms with E-state index in [0.29, 0.717) is 11.1 Å². The van der Waals surface area contributed by atoms with Crippen molar-refractivity contribution in [2.45, 2.75) is 6.36 Å². The number of hydrogen-bond acceptors (Lipinski definition) is 3. The van der Waals surface area contributed by atoms with Crippen LogP contribution in [0.5, 0.6) is 5.75 Å². The van der Waals surface area contributed by atoms with Crippen molar-refractivity contribution in [3.05, 3.63) is 58.9 Å². The smallest absolute Gasteiger partial charge is 0.406 e. The van der Waals surface area contributed by atoms with E-state index in [9.17, 15) is 18.0 Å². The molecule has 108 valence electrons. The van der Waals surface area contributed by atoms with Gasteiger partial charge < -0.3 is 4.74 Å². The molecule has 0 saturated heterocycles. The van der Waals surface area contributed by atoms with Crippen LogP contribution in [0.2, 0.25) is 0 Å². The summed E-state index contributed by atoms with van der Waals surface area (Å²) < 4.78 is 42.3. The van der Waals surface area contributed by atoms with Crippen molar-refractivity contribution in [2.75, 3.05) is 0 Å². The van der Waals surface area contributed by atoms with Crippen LogP contribution < -0.4 is 10.3 Å². The first-order valence-electron chi connectivity index (χ1n) is 5.91. The summed E-state index contributed by atoms with van der Waals surface area (Å²) >= 11 is 1.24. The van der Waals surface area contributed by atoms with Crippen molar-refractivity contribution in [3.63, 3.8) is 0 Å². The summed E-state index contributed by atoms with van der Waals surface area (Å²) in [5.41, 5.74) is 0.302. The molecule has 21 heavy (non-hydrogen) atoms. The van der Waals surface area contributed by atoms with Gasteiger partial charge in [0.2, 0.25) is 0 Å². The lowest BCUT2D eigenvalue weighted by Gasteiger charge is -2.09. The van der Waals surface area contributed by atoms with Crippen molar-refractivity contribution in [1.29, 1.82) is 0 Å². The summed E-state index contributed by atoms with van der Waals surface area (Å²) in [6, 6.07) is 12.3. The Morgan fingerprint density at radius 3 is 2.29 bits per heavy atom. The van der Waals surface area contributed by atoms with Crippen LogP contribution in [-0.2, 0) is 0 Å². The maximum absolute atomic E-state index is 12.2. The first kappa shape index (κ1) is 13.7. The van der Waals surface area contributed by atoms with Gasteiger partial charge in [-0.1, -0.05) is 23.7 Å². The van der Waals surface area contributed by atoms with Gasteiger partial charge in [0.15, 0.2) is 0 Å². The second kappa shape index (κ2) is 4.92. The number of nitrogens with zero attached hydrogens (tertiary/aromatic N) is 1. The summed E-state index contributed by atoms with van der Waals surface area (Å²) in [7, 11) is 0. The molecule has 0 aliphatic heterocycles. The van der Waals surface area contributed by atoms with E-state index in [-0.39, 0.29) is 11.3 Å². The third-order valence-corrected chi connectivity index (χ3v) is 3.91. The summed E-state index contributed by atoms with van der Waals surface area (Å²) in [5, 5.41) is 0.582. The van der Waals surface area contributed by atoms with E-state index in [1.165, 1.54) is 39.8 Å². The minimum absolute atomic E-state index is 0.194. The van der Waals surface area contributed by atoms with Crippen molar-refractivity contribution in [3.8, 4) is 11.4 Å². The van der Waals surface area contributed by atoms with E-state index in [1.807, 2.05) is 12.1 Å². The number of alkyl halides is 3. The van der Waals surface area contributed by atoms with Gasteiger partial charge in [0.05, 0.1) is 15.8 Å². The lowest BCUT2D eigenvalue weighted by molar-refractivity contribution is -0.274. The number of benzene rings is 2. The molecule has 1 aromatic heterocycles. The molecule has 0 amide bonds. The van der Waals surface area contributed by atoms with Crippen molar-refractivity contribution >= 4 is 21.6 Å². The second-order valence-corrected chi connectivity index (χ2v) is 5.22. The Bertz CT molecular complexity index is 834. The van der Waals surface area contributed by atoms with Crippen LogP contribution in [0.25, 0.3) is 15.8 Å². The zero-order chi connectivity index (χ0) is 15.0. The third kappa shape index (κ3) is 2.78. The van der Waals surface area contributed by atoms with Gasteiger partial charge in [-0.3, -0.25) is 4.79 Å². The molecule has 0 aliphatic carbocycles. The number of fused-ring (bicyclic) bond motifs is 1. The Morgan fingerprint density at radius 2 is 1.67 bits per heavy atom. The molecule has 0 aliphatic rings. The maximum Gasteiger partial charge on any atom is 0.573 e. The average Bonchev–Trinajstić information content (AvgIpc) is 2.76. The SMILES string of the molecule is O=c1c2ccccc2sn1-c1ccc(OC(F)(F)F)cc1. The second-order valence-electron chi connectivity index (χ2n) is 4.23. The van der Waals surface area contributed by atoms with Gasteiger partial charge >= 0.3 is 6.36 Å². The Hall–Kier alpha value is -2.28. The lowest BCUT2D eigenvalue weighted by atomic mass is 10.3. The standard InChI is InChI=1S/C14H8F3NO2S/c15-14(16,17)20-10-7-5-9(6-8-10)18-13(19)11-3-1-2-4-12(11)21-18/h1-8H. The molecule has 0 N–H and O–H groups in total. The van der Waals surface area contributed by atoms with Crippen LogP contribution in [0, 0.1) is 0 Å². The number of rotatable bonds is 2. The summed E-state index contributed by atoms with van der Waals surface area (Å²) in [5.74, 6) is -0.319. The fourth-order valence-electron chi connectivity index (χ4n) is 1.93. The van der Waals surface area contributed by atoms with E-state index < -0.39 is 6.36 Å². The van der Waals surface area contributed by atoms with E-state index in [4.69, 9.17) is 0 Å². The van der Waals surface area contributed by atoms with Crippen molar-refractivity contribution in [1.82, 2.24) is 3.96 Å². The van der Waals surface area contributed by atoms with Gasteiger partial charge in [-0.05, 0) is 36.4 Å². The van der Waals surface area contributed by atoms with Crippen LogP contribution in [0.1, 0.15) is 0 Å². The van der Waals surface area contributed by atoms with Crippen LogP contribution in [-0.4, -0.2) is 10.3 Å². The summed E-state index contributed by atoms with van der Waals surface area (Å²) in [4.78, 5) is 12.2. The quantitative estimate of drug-likeness (QED) is 0.717. The van der Waals surface area contributed by atoms with E-state index >= 15 is 0 Å². The fourth-order valence-corrected chi connectivity index (χ4v) is 2.92. The Kier molecular flexibility index (Phi) is 3.21. The number of halogens is 3. The molecular formula is C14H8F3NO2S. The molecule has 0 saturated carbocycles. The minimum Gasteiger partial charge on any atom is -0.406 e. The Balaban J connectivity index is 2.00. The fraction of sp³-hybridized carbons (Fsp3) is 0.0714. The third-order valence-electron chi connectivity index (χ3n) is 2.80. The molecule has 0 unspecified atom stereocenters. The van der Waals surface area contributed by atoms with E-state index in [1.54, 1.807) is 12.1 Å². The lowest BCUT2D eigenvalue weighted by Crippen LogP contribution is -2.17. The van der Waals surface area contributed by atoms with E-state index in [0.717, 1.165) is 4.70 Å². The molecule has 0 spiro atoms. The first-order valence-corrected chi connectivity index (χ1v) is 6.69. The first-order chi connectivity index (χ1) is 9.94. The highest BCUT2D eigenvalue weighted by Crippen LogP contribution is 2.25. The number of aromatic nitrogens is 1. The van der Waals surface area contributed by atoms with Crippen molar-refractivity contribution < 1.29 is 17.9 Å². The molecule has 2 aromatic carbocycles. The zero-order valence-electron chi connectivity index (χ0n) is 10.4. The molecule has 0 fully saturated rings. The number of hydrogen-bond donors (Lipinski definition) is 0. The predicted molar refractivity (Wildman–Crippen MR) is 74.1 cm³/mol. The van der Waals surface area contributed by atoms with Crippen LogP contribution in [0.15, 0.2) is 53.3 Å². The molecule has 3 aromatic rings. The normalized spacial score (nSPS) is 11.8. The van der Waals surface area contributed by atoms with Gasteiger partial charge in [-0.15, -0.1) is 13.2 Å². The van der Waals surface area contributed by atoms with Gasteiger partial charge in [0.25, 0.3) is 5.56 Å². The van der Waals surface area contributed by atoms with Gasteiger partial charge in [0, 0.05) is 0 Å². The van der Waals surface area contributed by atoms with Crippen LogP contribution in [0.3, 0.4) is 0 Å². The van der Waals surface area contributed by atoms with Gasteiger partial charge in [-0.2, -0.15) is 0 Å². The van der Waals surface area contributed by atoms with Crippen LogP contribution >= 0.6 is 11.5 Å². The molecule has 1 heterocycles. The monoisotopic (exact) mass is 311 g/mol. The molecule has 7 heteroatoms. The highest BCUT2D eigenvalue weighted by molar-refractivity contribution is 7.14. The predicted octanol–water partition coefficient (Wildman–Crippen LogP) is 3.95. The average molecular weight is 311 g/mol. The maximum atomic E-state index is 12.2. The van der Waals surface area contributed by atoms with Crippen molar-refractivity contribution in [2.24, 2.45) is 0 Å². The van der Waals surface area contributed by atoms with Gasteiger partial charge in [-0.25, -0.2) is 3.96 Å². The minimum atomic E-state index is -4.73. The zero-order valence-corrected chi connectivity index (χ0v) is 11.2. The molecule has 0 radical (unpaired) electrons. The molecular weight excluding hydrogens is 303 g/mol. The van der Waals surface area contributed by atoms with Gasteiger partial charge in [0.1, 0.15) is 5.75 Å². The molecule has 3 rings (SSSR count). The largest absolute Gasteiger partial charge is 0.573 e. The highest BCUT2D eigenvalue weighted by atomic mass is 32.1. The number of ether oxygens (including phenoxy) is 1. The summed E-state index contributed by atoms with van der Waals surface area (Å²) in [6.45, 7) is 0. The van der Waals surface area contributed by atoms with E-state index in [2.05, 4.69) is 4.74 Å². The highest BCUT2D eigenvalue weighted by Gasteiger charge is 2.31. The molecule has 0 bridgehead atoms. The molecule has 3 nitrogen and oxygen atoms in total. The Morgan fingerprint density at radius 1 is 1.00 bits per heavy atom. The topological polar surface area (TPSA) is 31.2 Å². The Labute approximate surface area is 121 Å². The summed E-state index contributed by atoms with van der Waals surface area (Å²) in [6.07, 6.45) is -4.73. The van der Waals surface area contributed by atoms with Crippen LogP contribution in [0.4, 0.5) is 13.2 Å².